The van der Waals surface area contributed by atoms with Gasteiger partial charge in [-0.15, -0.1) is 0 Å². The van der Waals surface area contributed by atoms with Gasteiger partial charge in [-0.1, -0.05) is 0 Å². The Kier molecular flexibility index (Phi) is 2.24. The van der Waals surface area contributed by atoms with Gasteiger partial charge in [-0.3, -0.25) is 4.79 Å². The Morgan fingerprint density at radius 2 is 2.20 bits per heavy atom. The Morgan fingerprint density at radius 3 is 2.70 bits per heavy atom. The Bertz CT molecular complexity index is 138. The zero-order valence-electron chi connectivity index (χ0n) is 6.33. The monoisotopic (exact) mass is 144 g/mol. The van der Waals surface area contributed by atoms with Gasteiger partial charge in [0.2, 0.25) is 5.91 Å². The van der Waals surface area contributed by atoms with Crippen molar-refractivity contribution in [2.45, 2.75) is 0 Å². The minimum absolute atomic E-state index is 0.119. The third-order valence-corrected chi connectivity index (χ3v) is 1.68. The molecule has 1 aliphatic heterocycles. The van der Waals surface area contributed by atoms with Crippen molar-refractivity contribution in [1.82, 2.24) is 9.96 Å². The van der Waals surface area contributed by atoms with E-state index in [9.17, 15) is 4.79 Å². The molecule has 1 fully saturated rings. The second kappa shape index (κ2) is 2.98. The zero-order chi connectivity index (χ0) is 7.56. The van der Waals surface area contributed by atoms with Crippen molar-refractivity contribution in [1.29, 1.82) is 0 Å². The van der Waals surface area contributed by atoms with Crippen LogP contribution in [0.3, 0.4) is 0 Å². The van der Waals surface area contributed by atoms with E-state index < -0.39 is 0 Å². The fraction of sp³-hybridized carbons (Fsp3) is 0.833. The molecule has 58 valence electrons. The zero-order valence-corrected chi connectivity index (χ0v) is 6.33. The fourth-order valence-corrected chi connectivity index (χ4v) is 0.893. The quantitative estimate of drug-likeness (QED) is 0.489. The van der Waals surface area contributed by atoms with Gasteiger partial charge in [-0.2, -0.15) is 5.06 Å². The average molecular weight is 144 g/mol. The van der Waals surface area contributed by atoms with Gasteiger partial charge >= 0.3 is 0 Å². The number of carbonyl (C=O) groups excluding carboxylic acids is 1. The molecule has 0 bridgehead atoms. The van der Waals surface area contributed by atoms with Gasteiger partial charge in [-0.25, -0.2) is 0 Å². The highest BCUT2D eigenvalue weighted by Gasteiger charge is 2.19. The van der Waals surface area contributed by atoms with Crippen LogP contribution < -0.4 is 0 Å². The van der Waals surface area contributed by atoms with E-state index in [-0.39, 0.29) is 5.91 Å². The highest BCUT2D eigenvalue weighted by atomic mass is 16.7. The number of hydrogen-bond donors (Lipinski definition) is 0. The fourth-order valence-electron chi connectivity index (χ4n) is 0.893. The highest BCUT2D eigenvalue weighted by molar-refractivity contribution is 5.78. The summed E-state index contributed by atoms with van der Waals surface area (Å²) in [5.74, 6) is 0.119. The normalized spacial score (nSPS) is 21.8. The van der Waals surface area contributed by atoms with Gasteiger partial charge in [-0.05, 0) is 0 Å². The van der Waals surface area contributed by atoms with Crippen molar-refractivity contribution in [2.75, 3.05) is 33.8 Å². The summed E-state index contributed by atoms with van der Waals surface area (Å²) < 4.78 is 0. The smallest absolute Gasteiger partial charge is 0.238 e. The van der Waals surface area contributed by atoms with Gasteiger partial charge in [0.1, 0.15) is 6.54 Å². The molecule has 0 atom stereocenters. The molecule has 0 aromatic heterocycles. The second-order valence-electron chi connectivity index (χ2n) is 2.36. The van der Waals surface area contributed by atoms with Crippen LogP contribution in [0, 0.1) is 0 Å². The first-order valence-corrected chi connectivity index (χ1v) is 3.27. The van der Waals surface area contributed by atoms with E-state index in [0.717, 1.165) is 13.1 Å². The SMILES string of the molecule is CON1CCN(C)C(=O)C1. The lowest BCUT2D eigenvalue weighted by Gasteiger charge is -2.29. The minimum Gasteiger partial charge on any atom is -0.343 e. The summed E-state index contributed by atoms with van der Waals surface area (Å²) in [6.07, 6.45) is 0. The second-order valence-corrected chi connectivity index (χ2v) is 2.36. The molecule has 4 heteroatoms. The van der Waals surface area contributed by atoms with Crippen molar-refractivity contribution < 1.29 is 9.63 Å². The van der Waals surface area contributed by atoms with Crippen LogP contribution in [0.4, 0.5) is 0 Å². The summed E-state index contributed by atoms with van der Waals surface area (Å²) in [4.78, 5) is 17.6. The van der Waals surface area contributed by atoms with Crippen LogP contribution in [0.1, 0.15) is 0 Å². The van der Waals surface area contributed by atoms with Crippen molar-refractivity contribution >= 4 is 5.91 Å². The van der Waals surface area contributed by atoms with Crippen LogP contribution >= 0.6 is 0 Å². The molecule has 0 aromatic rings. The lowest BCUT2D eigenvalue weighted by Crippen LogP contribution is -2.47. The Morgan fingerprint density at radius 1 is 1.50 bits per heavy atom. The number of hydrogen-bond acceptors (Lipinski definition) is 3. The van der Waals surface area contributed by atoms with Gasteiger partial charge in [0, 0.05) is 20.1 Å². The van der Waals surface area contributed by atoms with Crippen molar-refractivity contribution in [3.8, 4) is 0 Å². The van der Waals surface area contributed by atoms with E-state index >= 15 is 0 Å². The maximum absolute atomic E-state index is 11.0. The van der Waals surface area contributed by atoms with E-state index in [1.165, 1.54) is 0 Å². The molecule has 10 heavy (non-hydrogen) atoms. The molecule has 0 aliphatic carbocycles. The summed E-state index contributed by atoms with van der Waals surface area (Å²) in [7, 11) is 3.38. The predicted molar refractivity (Wildman–Crippen MR) is 36.2 cm³/mol. The number of rotatable bonds is 1. The molecule has 1 rings (SSSR count). The van der Waals surface area contributed by atoms with Crippen LogP contribution in [0.2, 0.25) is 0 Å². The van der Waals surface area contributed by atoms with E-state index in [1.54, 1.807) is 24.1 Å². The van der Waals surface area contributed by atoms with Crippen LogP contribution in [-0.2, 0) is 9.63 Å². The van der Waals surface area contributed by atoms with Crippen LogP contribution in [0.15, 0.2) is 0 Å². The lowest BCUT2D eigenvalue weighted by atomic mass is 10.4. The first-order chi connectivity index (χ1) is 4.74. The average Bonchev–Trinajstić information content (AvgIpc) is 1.95. The Labute approximate surface area is 60.3 Å². The molecule has 4 nitrogen and oxygen atoms in total. The van der Waals surface area contributed by atoms with E-state index in [4.69, 9.17) is 4.84 Å². The van der Waals surface area contributed by atoms with Gasteiger partial charge in [0.15, 0.2) is 0 Å². The molecule has 1 aliphatic rings. The molecule has 0 spiro atoms. The maximum Gasteiger partial charge on any atom is 0.238 e. The largest absolute Gasteiger partial charge is 0.343 e. The van der Waals surface area contributed by atoms with E-state index in [0.29, 0.717) is 6.54 Å². The molecule has 0 aromatic carbocycles. The summed E-state index contributed by atoms with van der Waals surface area (Å²) >= 11 is 0. The first-order valence-electron chi connectivity index (χ1n) is 3.27. The van der Waals surface area contributed by atoms with Gasteiger partial charge in [0.05, 0.1) is 7.11 Å². The van der Waals surface area contributed by atoms with Gasteiger partial charge < -0.3 is 9.74 Å². The predicted octanol–water partition coefficient (Wildman–Crippen LogP) is -0.678. The van der Waals surface area contributed by atoms with Crippen molar-refractivity contribution in [3.63, 3.8) is 0 Å². The van der Waals surface area contributed by atoms with Gasteiger partial charge in [0.25, 0.3) is 0 Å². The first kappa shape index (κ1) is 7.50. The molecule has 1 saturated heterocycles. The summed E-state index contributed by atoms with van der Waals surface area (Å²) in [6, 6.07) is 0. The summed E-state index contributed by atoms with van der Waals surface area (Å²) in [5, 5.41) is 1.66. The number of hydroxylamine groups is 2. The Hall–Kier alpha value is -0.610. The summed E-state index contributed by atoms with van der Waals surface area (Å²) in [5.41, 5.74) is 0. The maximum atomic E-state index is 11.0. The van der Waals surface area contributed by atoms with Crippen molar-refractivity contribution in [2.24, 2.45) is 0 Å². The molecule has 0 saturated carbocycles. The van der Waals surface area contributed by atoms with Crippen LogP contribution in [0.5, 0.6) is 0 Å². The lowest BCUT2D eigenvalue weighted by molar-refractivity contribution is -0.171. The number of amides is 1. The topological polar surface area (TPSA) is 32.8 Å². The molecule has 1 amide bonds. The van der Waals surface area contributed by atoms with Crippen LogP contribution in [-0.4, -0.2) is 49.7 Å². The Balaban J connectivity index is 2.41. The highest BCUT2D eigenvalue weighted by Crippen LogP contribution is 1.99. The van der Waals surface area contributed by atoms with E-state index in [2.05, 4.69) is 0 Å². The third-order valence-electron chi connectivity index (χ3n) is 1.68. The number of likely N-dealkylation sites (N-methyl/N-ethyl adjacent to an activating group) is 1. The molecular formula is C6H12N2O2. The third kappa shape index (κ3) is 1.46. The number of carbonyl (C=O) groups is 1. The molecule has 1 heterocycles. The van der Waals surface area contributed by atoms with Crippen molar-refractivity contribution in [3.05, 3.63) is 0 Å². The summed E-state index contributed by atoms with van der Waals surface area (Å²) in [6.45, 7) is 1.94. The molecular weight excluding hydrogens is 132 g/mol. The minimum atomic E-state index is 0.119. The number of nitrogens with zero attached hydrogens (tertiary/aromatic N) is 2. The standard InChI is InChI=1S/C6H12N2O2/c1-7-3-4-8(10-2)5-6(7)9/h3-5H2,1-2H3. The van der Waals surface area contributed by atoms with E-state index in [1.807, 2.05) is 0 Å². The molecule has 0 N–H and O–H groups in total. The molecule has 0 radical (unpaired) electrons. The number of piperazine rings is 1. The molecule has 0 unspecified atom stereocenters. The van der Waals surface area contributed by atoms with Crippen LogP contribution in [0.25, 0.3) is 0 Å².